The van der Waals surface area contributed by atoms with Crippen molar-refractivity contribution in [3.63, 3.8) is 0 Å². The topological polar surface area (TPSA) is 27.0 Å². The molecule has 0 aromatic heterocycles. The maximum absolute atomic E-state index is 9.53. The summed E-state index contributed by atoms with van der Waals surface area (Å²) in [6, 6.07) is 2.62. The zero-order valence-corrected chi connectivity index (χ0v) is 10.6. The molecular weight excluding hydrogens is 204 g/mol. The predicted octanol–water partition coefficient (Wildman–Crippen LogP) is 2.51. The van der Waals surface area contributed by atoms with Crippen LogP contribution in [0, 0.1) is 16.7 Å². The van der Waals surface area contributed by atoms with Gasteiger partial charge in [0.25, 0.3) is 0 Å². The fraction of sp³-hybridized carbons (Fsp3) is 0.917. The zero-order valence-electron chi connectivity index (χ0n) is 9.75. The van der Waals surface area contributed by atoms with Crippen LogP contribution in [-0.2, 0) is 0 Å². The molecule has 2 fully saturated rings. The van der Waals surface area contributed by atoms with E-state index in [0.29, 0.717) is 5.41 Å². The van der Waals surface area contributed by atoms with Crippen LogP contribution in [0.25, 0.3) is 0 Å². The van der Waals surface area contributed by atoms with Crippen molar-refractivity contribution >= 4 is 11.8 Å². The van der Waals surface area contributed by atoms with Gasteiger partial charge in [-0.1, -0.05) is 13.8 Å². The molecule has 0 aromatic carbocycles. The van der Waals surface area contributed by atoms with Crippen LogP contribution in [0.1, 0.15) is 33.1 Å². The SMILES string of the molecule is CC1(C)CSCC(C#N)(N2CCCC2)C1. The second-order valence-corrected chi connectivity index (χ2v) is 6.66. The van der Waals surface area contributed by atoms with Crippen LogP contribution in [0.2, 0.25) is 0 Å². The number of hydrogen-bond donors (Lipinski definition) is 0. The molecule has 0 amide bonds. The molecule has 2 aliphatic heterocycles. The summed E-state index contributed by atoms with van der Waals surface area (Å²) in [5, 5.41) is 9.53. The Kier molecular flexibility index (Phi) is 3.00. The maximum Gasteiger partial charge on any atom is 0.118 e. The molecule has 2 nitrogen and oxygen atoms in total. The summed E-state index contributed by atoms with van der Waals surface area (Å²) in [5.41, 5.74) is 0.157. The highest BCUT2D eigenvalue weighted by atomic mass is 32.2. The minimum Gasteiger partial charge on any atom is -0.285 e. The first-order chi connectivity index (χ1) is 7.08. The van der Waals surface area contributed by atoms with Gasteiger partial charge in [0.15, 0.2) is 0 Å². The molecule has 15 heavy (non-hydrogen) atoms. The summed E-state index contributed by atoms with van der Waals surface area (Å²) in [5.74, 6) is 2.21. The van der Waals surface area contributed by atoms with Gasteiger partial charge in [-0.25, -0.2) is 0 Å². The van der Waals surface area contributed by atoms with Gasteiger partial charge in [-0.05, 0) is 43.5 Å². The Balaban J connectivity index is 2.17. The molecule has 1 unspecified atom stereocenters. The van der Waals surface area contributed by atoms with Crippen LogP contribution in [0.4, 0.5) is 0 Å². The molecule has 2 aliphatic rings. The van der Waals surface area contributed by atoms with Crippen molar-refractivity contribution in [3.05, 3.63) is 0 Å². The standard InChI is InChI=1S/C12H20N2S/c1-11(2)7-12(8-13,10-15-9-11)14-5-3-4-6-14/h3-7,9-10H2,1-2H3. The first kappa shape index (κ1) is 11.3. The first-order valence-corrected chi connectivity index (χ1v) is 6.98. The van der Waals surface area contributed by atoms with Crippen LogP contribution >= 0.6 is 11.8 Å². The smallest absolute Gasteiger partial charge is 0.118 e. The monoisotopic (exact) mass is 224 g/mol. The zero-order chi connectivity index (χ0) is 10.9. The van der Waals surface area contributed by atoms with E-state index in [-0.39, 0.29) is 5.54 Å². The Hall–Kier alpha value is -0.200. The highest BCUT2D eigenvalue weighted by molar-refractivity contribution is 7.99. The van der Waals surface area contributed by atoms with E-state index in [4.69, 9.17) is 0 Å². The number of nitriles is 1. The summed E-state index contributed by atoms with van der Waals surface area (Å²) < 4.78 is 0. The van der Waals surface area contributed by atoms with E-state index in [0.717, 1.165) is 25.3 Å². The van der Waals surface area contributed by atoms with Crippen LogP contribution in [0.5, 0.6) is 0 Å². The van der Waals surface area contributed by atoms with Crippen molar-refractivity contribution in [2.24, 2.45) is 5.41 Å². The fourth-order valence-electron chi connectivity index (χ4n) is 2.88. The number of thioether (sulfide) groups is 1. The van der Waals surface area contributed by atoms with Crippen molar-refractivity contribution in [1.29, 1.82) is 5.26 Å². The highest BCUT2D eigenvalue weighted by Gasteiger charge is 2.45. The van der Waals surface area contributed by atoms with E-state index in [1.807, 2.05) is 11.8 Å². The van der Waals surface area contributed by atoms with Gasteiger partial charge >= 0.3 is 0 Å². The minimum absolute atomic E-state index is 0.164. The first-order valence-electron chi connectivity index (χ1n) is 5.82. The molecule has 0 bridgehead atoms. The van der Waals surface area contributed by atoms with E-state index >= 15 is 0 Å². The molecule has 0 aromatic rings. The van der Waals surface area contributed by atoms with Gasteiger partial charge in [0.05, 0.1) is 6.07 Å². The van der Waals surface area contributed by atoms with Crippen LogP contribution in [-0.4, -0.2) is 35.0 Å². The van der Waals surface area contributed by atoms with Gasteiger partial charge in [-0.15, -0.1) is 0 Å². The Morgan fingerprint density at radius 3 is 2.40 bits per heavy atom. The number of nitrogens with zero attached hydrogens (tertiary/aromatic N) is 2. The Labute approximate surface area is 97.0 Å². The summed E-state index contributed by atoms with van der Waals surface area (Å²) in [6.45, 7) is 6.84. The summed E-state index contributed by atoms with van der Waals surface area (Å²) in [7, 11) is 0. The molecule has 0 saturated carbocycles. The number of rotatable bonds is 1. The Morgan fingerprint density at radius 1 is 1.20 bits per heavy atom. The normalized spacial score (nSPS) is 36.3. The lowest BCUT2D eigenvalue weighted by atomic mass is 9.79. The van der Waals surface area contributed by atoms with Gasteiger partial charge in [-0.2, -0.15) is 17.0 Å². The van der Waals surface area contributed by atoms with Gasteiger partial charge in [0, 0.05) is 5.75 Å². The van der Waals surface area contributed by atoms with Gasteiger partial charge in [0.1, 0.15) is 5.54 Å². The average molecular weight is 224 g/mol. The molecule has 0 aliphatic carbocycles. The van der Waals surface area contributed by atoms with Gasteiger partial charge < -0.3 is 0 Å². The lowest BCUT2D eigenvalue weighted by Gasteiger charge is -2.45. The van der Waals surface area contributed by atoms with Crippen LogP contribution < -0.4 is 0 Å². The van der Waals surface area contributed by atoms with Crippen molar-refractivity contribution in [2.45, 2.75) is 38.6 Å². The lowest BCUT2D eigenvalue weighted by Crippen LogP contribution is -2.53. The molecule has 84 valence electrons. The second kappa shape index (κ2) is 3.99. The van der Waals surface area contributed by atoms with Crippen LogP contribution in [0.3, 0.4) is 0 Å². The number of likely N-dealkylation sites (tertiary alicyclic amines) is 1. The third-order valence-electron chi connectivity index (χ3n) is 3.52. The van der Waals surface area contributed by atoms with Gasteiger partial charge in [-0.3, -0.25) is 4.90 Å². The molecule has 2 saturated heterocycles. The summed E-state index contributed by atoms with van der Waals surface area (Å²) >= 11 is 1.96. The molecule has 1 atom stereocenters. The Morgan fingerprint density at radius 2 is 1.87 bits per heavy atom. The van der Waals surface area contributed by atoms with E-state index < -0.39 is 0 Å². The fourth-order valence-corrected chi connectivity index (χ4v) is 4.32. The number of hydrogen-bond acceptors (Lipinski definition) is 3. The molecule has 3 heteroatoms. The third kappa shape index (κ3) is 2.16. The Bertz CT molecular complexity index is 276. The van der Waals surface area contributed by atoms with Crippen molar-refractivity contribution in [2.75, 3.05) is 24.6 Å². The van der Waals surface area contributed by atoms with E-state index in [1.165, 1.54) is 18.6 Å². The molecular formula is C12H20N2S. The van der Waals surface area contributed by atoms with Crippen molar-refractivity contribution in [3.8, 4) is 6.07 Å². The minimum atomic E-state index is -0.164. The summed E-state index contributed by atoms with van der Waals surface area (Å²) in [4.78, 5) is 2.43. The highest BCUT2D eigenvalue weighted by Crippen LogP contribution is 2.42. The molecule has 2 rings (SSSR count). The second-order valence-electron chi connectivity index (χ2n) is 5.67. The van der Waals surface area contributed by atoms with E-state index in [2.05, 4.69) is 24.8 Å². The van der Waals surface area contributed by atoms with Crippen LogP contribution in [0.15, 0.2) is 0 Å². The summed E-state index contributed by atoms with van der Waals surface area (Å²) in [6.07, 6.45) is 3.59. The predicted molar refractivity (Wildman–Crippen MR) is 64.9 cm³/mol. The maximum atomic E-state index is 9.53. The average Bonchev–Trinajstić information content (AvgIpc) is 2.69. The quantitative estimate of drug-likeness (QED) is 0.685. The molecule has 0 spiro atoms. The molecule has 0 radical (unpaired) electrons. The molecule has 2 heterocycles. The van der Waals surface area contributed by atoms with E-state index in [1.54, 1.807) is 0 Å². The van der Waals surface area contributed by atoms with Crippen molar-refractivity contribution in [1.82, 2.24) is 4.90 Å². The third-order valence-corrected chi connectivity index (χ3v) is 5.19. The van der Waals surface area contributed by atoms with Crippen molar-refractivity contribution < 1.29 is 0 Å². The van der Waals surface area contributed by atoms with E-state index in [9.17, 15) is 5.26 Å². The largest absolute Gasteiger partial charge is 0.285 e. The molecule has 0 N–H and O–H groups in total. The lowest BCUT2D eigenvalue weighted by molar-refractivity contribution is 0.133. The van der Waals surface area contributed by atoms with Gasteiger partial charge in [0.2, 0.25) is 0 Å².